The highest BCUT2D eigenvalue weighted by atomic mass is 32.2. The molecule has 2 amide bonds. The van der Waals surface area contributed by atoms with Gasteiger partial charge in [-0.05, 0) is 55.3 Å². The van der Waals surface area contributed by atoms with Gasteiger partial charge >= 0.3 is 0 Å². The summed E-state index contributed by atoms with van der Waals surface area (Å²) in [5.74, 6) is -0.0126. The molecule has 2 N–H and O–H groups in total. The SMILES string of the molecule is COc1cccc(C(=O)NCCNC(=O)c2ccc(S(=O)(=O)N(C)C3CCCCC3)cc2)c1. The van der Waals surface area contributed by atoms with E-state index in [4.69, 9.17) is 4.74 Å². The van der Waals surface area contributed by atoms with Crippen molar-refractivity contribution >= 4 is 21.8 Å². The number of amides is 2. The van der Waals surface area contributed by atoms with Gasteiger partial charge in [0.2, 0.25) is 10.0 Å². The first kappa shape index (κ1) is 24.7. The molecule has 1 saturated carbocycles. The van der Waals surface area contributed by atoms with Crippen LogP contribution in [0.5, 0.6) is 5.75 Å². The number of rotatable bonds is 9. The topological polar surface area (TPSA) is 105 Å². The maximum absolute atomic E-state index is 12.9. The Labute approximate surface area is 195 Å². The molecule has 0 atom stereocenters. The number of nitrogens with zero attached hydrogens (tertiary/aromatic N) is 1. The smallest absolute Gasteiger partial charge is 0.251 e. The summed E-state index contributed by atoms with van der Waals surface area (Å²) in [5.41, 5.74) is 0.823. The fraction of sp³-hybridized carbons (Fsp3) is 0.417. The number of hydrogen-bond acceptors (Lipinski definition) is 5. The van der Waals surface area contributed by atoms with Gasteiger partial charge in [0.25, 0.3) is 11.8 Å². The molecule has 33 heavy (non-hydrogen) atoms. The van der Waals surface area contributed by atoms with Gasteiger partial charge in [0.15, 0.2) is 0 Å². The van der Waals surface area contributed by atoms with Gasteiger partial charge in [-0.1, -0.05) is 25.3 Å². The summed E-state index contributed by atoms with van der Waals surface area (Å²) in [6, 6.07) is 12.8. The predicted octanol–water partition coefficient (Wildman–Crippen LogP) is 2.81. The zero-order valence-electron chi connectivity index (χ0n) is 19.0. The van der Waals surface area contributed by atoms with Crippen LogP contribution in [0.15, 0.2) is 53.4 Å². The number of carbonyl (C=O) groups is 2. The number of benzene rings is 2. The third-order valence-corrected chi connectivity index (χ3v) is 7.83. The Morgan fingerprint density at radius 2 is 1.55 bits per heavy atom. The summed E-state index contributed by atoms with van der Waals surface area (Å²) < 4.78 is 32.4. The van der Waals surface area contributed by atoms with Crippen LogP contribution >= 0.6 is 0 Å². The van der Waals surface area contributed by atoms with E-state index in [1.54, 1.807) is 31.3 Å². The largest absolute Gasteiger partial charge is 0.497 e. The first-order chi connectivity index (χ1) is 15.8. The molecule has 0 aliphatic heterocycles. The molecule has 1 fully saturated rings. The number of hydrogen-bond donors (Lipinski definition) is 2. The van der Waals surface area contributed by atoms with Crippen LogP contribution in [-0.2, 0) is 10.0 Å². The molecule has 1 aliphatic carbocycles. The summed E-state index contributed by atoms with van der Waals surface area (Å²) in [7, 11) is -0.436. The van der Waals surface area contributed by atoms with E-state index >= 15 is 0 Å². The maximum Gasteiger partial charge on any atom is 0.251 e. The molecule has 0 aromatic heterocycles. The van der Waals surface area contributed by atoms with Crippen LogP contribution in [-0.4, -0.2) is 57.8 Å². The molecule has 8 nitrogen and oxygen atoms in total. The Morgan fingerprint density at radius 3 is 2.15 bits per heavy atom. The number of methoxy groups -OCH3 is 1. The molecule has 0 heterocycles. The molecule has 1 aliphatic rings. The fourth-order valence-electron chi connectivity index (χ4n) is 3.91. The third-order valence-electron chi connectivity index (χ3n) is 5.91. The van der Waals surface area contributed by atoms with Crippen molar-refractivity contribution in [3.63, 3.8) is 0 Å². The Balaban J connectivity index is 1.50. The normalized spacial score (nSPS) is 14.6. The minimum atomic E-state index is -3.60. The lowest BCUT2D eigenvalue weighted by atomic mass is 9.96. The number of carbonyl (C=O) groups excluding carboxylic acids is 2. The van der Waals surface area contributed by atoms with Crippen molar-refractivity contribution in [2.24, 2.45) is 0 Å². The van der Waals surface area contributed by atoms with Gasteiger partial charge in [0.05, 0.1) is 12.0 Å². The van der Waals surface area contributed by atoms with Gasteiger partial charge in [0.1, 0.15) is 5.75 Å². The minimum absolute atomic E-state index is 0.0268. The van der Waals surface area contributed by atoms with E-state index in [-0.39, 0.29) is 35.8 Å². The standard InChI is InChI=1S/C24H31N3O5S/c1-27(20-8-4-3-5-9-20)33(30,31)22-13-11-18(12-14-22)23(28)25-15-16-26-24(29)19-7-6-10-21(17-19)32-2/h6-7,10-14,17,20H,3-5,8-9,15-16H2,1-2H3,(H,25,28)(H,26,29). The molecule has 2 aromatic rings. The second-order valence-corrected chi connectivity index (χ2v) is 10.1. The van der Waals surface area contributed by atoms with Crippen LogP contribution < -0.4 is 15.4 Å². The summed E-state index contributed by atoms with van der Waals surface area (Å²) in [6.45, 7) is 0.486. The van der Waals surface area contributed by atoms with Crippen LogP contribution in [0.4, 0.5) is 0 Å². The minimum Gasteiger partial charge on any atom is -0.497 e. The van der Waals surface area contributed by atoms with Crippen molar-refractivity contribution in [3.05, 3.63) is 59.7 Å². The quantitative estimate of drug-likeness (QED) is 0.545. The van der Waals surface area contributed by atoms with E-state index in [0.29, 0.717) is 16.9 Å². The van der Waals surface area contributed by atoms with E-state index in [1.165, 1.54) is 35.7 Å². The zero-order valence-corrected chi connectivity index (χ0v) is 19.9. The average molecular weight is 474 g/mol. The van der Waals surface area contributed by atoms with Crippen LogP contribution in [0.25, 0.3) is 0 Å². The van der Waals surface area contributed by atoms with Crippen molar-refractivity contribution < 1.29 is 22.7 Å². The molecule has 3 rings (SSSR count). The average Bonchev–Trinajstić information content (AvgIpc) is 2.86. The lowest BCUT2D eigenvalue weighted by Gasteiger charge is -2.30. The van der Waals surface area contributed by atoms with Crippen LogP contribution in [0.1, 0.15) is 52.8 Å². The monoisotopic (exact) mass is 473 g/mol. The van der Waals surface area contributed by atoms with Gasteiger partial charge < -0.3 is 15.4 Å². The fourth-order valence-corrected chi connectivity index (χ4v) is 5.32. The Bertz CT molecular complexity index is 1060. The van der Waals surface area contributed by atoms with E-state index < -0.39 is 10.0 Å². The van der Waals surface area contributed by atoms with E-state index in [9.17, 15) is 18.0 Å². The second-order valence-electron chi connectivity index (χ2n) is 8.08. The third kappa shape index (κ3) is 6.33. The molecule has 2 aromatic carbocycles. The van der Waals surface area contributed by atoms with Gasteiger partial charge in [-0.3, -0.25) is 9.59 Å². The summed E-state index contributed by atoms with van der Waals surface area (Å²) in [4.78, 5) is 24.8. The van der Waals surface area contributed by atoms with Gasteiger partial charge in [0, 0.05) is 37.3 Å². The first-order valence-electron chi connectivity index (χ1n) is 11.1. The highest BCUT2D eigenvalue weighted by Crippen LogP contribution is 2.26. The molecule has 9 heteroatoms. The molecule has 0 unspecified atom stereocenters. The molecule has 178 valence electrons. The van der Waals surface area contributed by atoms with Crippen molar-refractivity contribution in [1.29, 1.82) is 0 Å². The van der Waals surface area contributed by atoms with Crippen molar-refractivity contribution in [1.82, 2.24) is 14.9 Å². The second kappa shape index (κ2) is 11.3. The molecular weight excluding hydrogens is 442 g/mol. The highest BCUT2D eigenvalue weighted by molar-refractivity contribution is 7.89. The van der Waals surface area contributed by atoms with Crippen molar-refractivity contribution in [2.45, 2.75) is 43.0 Å². The van der Waals surface area contributed by atoms with Crippen molar-refractivity contribution in [2.75, 3.05) is 27.2 Å². The zero-order chi connectivity index (χ0) is 23.8. The number of sulfonamides is 1. The first-order valence-corrected chi connectivity index (χ1v) is 12.6. The highest BCUT2D eigenvalue weighted by Gasteiger charge is 2.29. The van der Waals surface area contributed by atoms with Crippen LogP contribution in [0.3, 0.4) is 0 Å². The van der Waals surface area contributed by atoms with Crippen LogP contribution in [0.2, 0.25) is 0 Å². The number of nitrogens with one attached hydrogen (secondary N) is 2. The van der Waals surface area contributed by atoms with E-state index in [2.05, 4.69) is 10.6 Å². The molecule has 0 saturated heterocycles. The van der Waals surface area contributed by atoms with Gasteiger partial charge in [-0.15, -0.1) is 0 Å². The van der Waals surface area contributed by atoms with Gasteiger partial charge in [-0.25, -0.2) is 8.42 Å². The summed E-state index contributed by atoms with van der Waals surface area (Å²) >= 11 is 0. The Morgan fingerprint density at radius 1 is 0.939 bits per heavy atom. The van der Waals surface area contributed by atoms with Crippen LogP contribution in [0, 0.1) is 0 Å². The lowest BCUT2D eigenvalue weighted by molar-refractivity contribution is 0.0927. The molecule has 0 bridgehead atoms. The van der Waals surface area contributed by atoms with Gasteiger partial charge in [-0.2, -0.15) is 4.31 Å². The molecule has 0 spiro atoms. The number of ether oxygens (including phenoxy) is 1. The molecular formula is C24H31N3O5S. The van der Waals surface area contributed by atoms with E-state index in [0.717, 1.165) is 32.1 Å². The van der Waals surface area contributed by atoms with E-state index in [1.807, 2.05) is 0 Å². The maximum atomic E-state index is 12.9. The Kier molecular flexibility index (Phi) is 8.46. The summed E-state index contributed by atoms with van der Waals surface area (Å²) in [5, 5.41) is 5.46. The van der Waals surface area contributed by atoms with Crippen molar-refractivity contribution in [3.8, 4) is 5.75 Å². The Hall–Kier alpha value is -2.91. The predicted molar refractivity (Wildman–Crippen MR) is 126 cm³/mol. The lowest BCUT2D eigenvalue weighted by Crippen LogP contribution is -2.38. The summed E-state index contributed by atoms with van der Waals surface area (Å²) in [6.07, 6.45) is 5.00. The molecule has 0 radical (unpaired) electrons.